The van der Waals surface area contributed by atoms with Crippen LogP contribution in [0.5, 0.6) is 0 Å². The van der Waals surface area contributed by atoms with Crippen LogP contribution in [-0.4, -0.2) is 42.8 Å². The first-order valence-corrected chi connectivity index (χ1v) is 5.98. The van der Waals surface area contributed by atoms with Crippen molar-refractivity contribution in [2.75, 3.05) is 19.7 Å². The third kappa shape index (κ3) is 2.25. The first kappa shape index (κ1) is 10.7. The molecule has 4 heteroatoms. The average molecular weight is 212 g/mol. The molecular formula is C11H20N2O2. The number of hydrogen-bond acceptors (Lipinski definition) is 3. The molecule has 2 rings (SSSR count). The summed E-state index contributed by atoms with van der Waals surface area (Å²) in [7, 11) is 0. The molecule has 0 aromatic rings. The molecule has 0 saturated carbocycles. The van der Waals surface area contributed by atoms with E-state index in [1.165, 1.54) is 0 Å². The summed E-state index contributed by atoms with van der Waals surface area (Å²) in [4.78, 5) is 13.8. The summed E-state index contributed by atoms with van der Waals surface area (Å²) >= 11 is 0. The molecule has 0 unspecified atom stereocenters. The van der Waals surface area contributed by atoms with Crippen molar-refractivity contribution in [3.63, 3.8) is 0 Å². The second-order valence-corrected chi connectivity index (χ2v) is 4.42. The van der Waals surface area contributed by atoms with Gasteiger partial charge in [0.2, 0.25) is 0 Å². The number of unbranched alkanes of at least 4 members (excludes halogenated alkanes) is 1. The smallest absolute Gasteiger partial charge is 0.410 e. The summed E-state index contributed by atoms with van der Waals surface area (Å²) in [6.45, 7) is 4.53. The predicted molar refractivity (Wildman–Crippen MR) is 57.8 cm³/mol. The van der Waals surface area contributed by atoms with Gasteiger partial charge in [-0.15, -0.1) is 0 Å². The zero-order valence-electron chi connectivity index (χ0n) is 9.37. The van der Waals surface area contributed by atoms with Crippen LogP contribution in [0.4, 0.5) is 4.79 Å². The molecule has 0 radical (unpaired) electrons. The predicted octanol–water partition coefficient (Wildman–Crippen LogP) is 1.36. The van der Waals surface area contributed by atoms with E-state index < -0.39 is 0 Å². The summed E-state index contributed by atoms with van der Waals surface area (Å²) in [6, 6.07) is 0.746. The Morgan fingerprint density at radius 3 is 2.67 bits per heavy atom. The number of carbonyl (C=O) groups is 1. The van der Waals surface area contributed by atoms with Gasteiger partial charge in [-0.1, -0.05) is 13.3 Å². The molecular weight excluding hydrogens is 192 g/mol. The van der Waals surface area contributed by atoms with Gasteiger partial charge in [0.15, 0.2) is 0 Å². The highest BCUT2D eigenvalue weighted by atomic mass is 16.6. The molecule has 4 nitrogen and oxygen atoms in total. The van der Waals surface area contributed by atoms with E-state index in [0.717, 1.165) is 38.8 Å². The zero-order chi connectivity index (χ0) is 10.7. The van der Waals surface area contributed by atoms with Crippen LogP contribution >= 0.6 is 0 Å². The van der Waals surface area contributed by atoms with Gasteiger partial charge in [0.1, 0.15) is 0 Å². The molecule has 2 bridgehead atoms. The zero-order valence-corrected chi connectivity index (χ0v) is 9.37. The Hall–Kier alpha value is -0.770. The van der Waals surface area contributed by atoms with Gasteiger partial charge in [-0.25, -0.2) is 4.79 Å². The summed E-state index contributed by atoms with van der Waals surface area (Å²) < 4.78 is 5.26. The summed E-state index contributed by atoms with van der Waals surface area (Å²) in [5.74, 6) is 0. The topological polar surface area (TPSA) is 41.6 Å². The van der Waals surface area contributed by atoms with Gasteiger partial charge in [-0.3, -0.25) is 4.90 Å². The lowest BCUT2D eigenvalue weighted by Gasteiger charge is -2.34. The Balaban J connectivity index is 1.84. The first-order valence-electron chi connectivity index (χ1n) is 5.98. The van der Waals surface area contributed by atoms with Gasteiger partial charge in [0.25, 0.3) is 0 Å². The van der Waals surface area contributed by atoms with E-state index in [4.69, 9.17) is 4.74 Å². The van der Waals surface area contributed by atoms with Crippen molar-refractivity contribution in [3.05, 3.63) is 0 Å². The largest absolute Gasteiger partial charge is 0.449 e. The van der Waals surface area contributed by atoms with Crippen molar-refractivity contribution in [2.24, 2.45) is 0 Å². The van der Waals surface area contributed by atoms with E-state index >= 15 is 0 Å². The average Bonchev–Trinajstić information content (AvgIpc) is 2.49. The molecule has 2 saturated heterocycles. The first-order chi connectivity index (χ1) is 7.33. The number of rotatable bonds is 3. The number of piperazine rings is 1. The molecule has 2 heterocycles. The fourth-order valence-electron chi connectivity index (χ4n) is 2.45. The SMILES string of the molecule is CCCCOC(=O)N1[C@@H]2CC[C@H]1CNC2. The maximum Gasteiger partial charge on any atom is 0.410 e. The van der Waals surface area contributed by atoms with Gasteiger partial charge in [0, 0.05) is 25.2 Å². The minimum absolute atomic E-state index is 0.0996. The van der Waals surface area contributed by atoms with Crippen molar-refractivity contribution < 1.29 is 9.53 Å². The summed E-state index contributed by atoms with van der Waals surface area (Å²) in [5.41, 5.74) is 0. The van der Waals surface area contributed by atoms with Crippen molar-refractivity contribution >= 4 is 6.09 Å². The summed E-state index contributed by atoms with van der Waals surface area (Å²) in [5, 5.41) is 3.35. The molecule has 15 heavy (non-hydrogen) atoms. The molecule has 2 atom stereocenters. The van der Waals surface area contributed by atoms with E-state index in [1.54, 1.807) is 0 Å². The quantitative estimate of drug-likeness (QED) is 0.718. The summed E-state index contributed by atoms with van der Waals surface area (Å²) in [6.07, 6.45) is 4.19. The van der Waals surface area contributed by atoms with Crippen LogP contribution in [0.3, 0.4) is 0 Å². The van der Waals surface area contributed by atoms with E-state index in [-0.39, 0.29) is 6.09 Å². The van der Waals surface area contributed by atoms with Crippen molar-refractivity contribution in [3.8, 4) is 0 Å². The van der Waals surface area contributed by atoms with Gasteiger partial charge >= 0.3 is 6.09 Å². The van der Waals surface area contributed by atoms with E-state index in [0.29, 0.717) is 18.7 Å². The molecule has 0 aromatic carbocycles. The van der Waals surface area contributed by atoms with Crippen LogP contribution in [0.2, 0.25) is 0 Å². The second kappa shape index (κ2) is 4.84. The number of ether oxygens (including phenoxy) is 1. The van der Waals surface area contributed by atoms with Crippen LogP contribution in [-0.2, 0) is 4.74 Å². The Labute approximate surface area is 91.0 Å². The minimum atomic E-state index is -0.0996. The highest BCUT2D eigenvalue weighted by molar-refractivity contribution is 5.69. The van der Waals surface area contributed by atoms with Crippen LogP contribution in [0, 0.1) is 0 Å². The maximum atomic E-state index is 11.8. The third-order valence-electron chi connectivity index (χ3n) is 3.31. The fourth-order valence-corrected chi connectivity index (χ4v) is 2.45. The molecule has 2 aliphatic heterocycles. The fraction of sp³-hybridized carbons (Fsp3) is 0.909. The lowest BCUT2D eigenvalue weighted by Crippen LogP contribution is -2.54. The van der Waals surface area contributed by atoms with Gasteiger partial charge in [-0.2, -0.15) is 0 Å². The molecule has 1 amide bonds. The van der Waals surface area contributed by atoms with Crippen LogP contribution < -0.4 is 5.32 Å². The molecule has 1 N–H and O–H groups in total. The number of hydrogen-bond donors (Lipinski definition) is 1. The molecule has 0 spiro atoms. The molecule has 2 aliphatic rings. The van der Waals surface area contributed by atoms with E-state index in [9.17, 15) is 4.79 Å². The highest BCUT2D eigenvalue weighted by Crippen LogP contribution is 2.27. The van der Waals surface area contributed by atoms with E-state index in [2.05, 4.69) is 12.2 Å². The molecule has 86 valence electrons. The van der Waals surface area contributed by atoms with Gasteiger partial charge in [-0.05, 0) is 19.3 Å². The second-order valence-electron chi connectivity index (χ2n) is 4.42. The maximum absolute atomic E-state index is 11.8. The molecule has 2 fully saturated rings. The number of amides is 1. The van der Waals surface area contributed by atoms with Gasteiger partial charge < -0.3 is 10.1 Å². The molecule has 0 aliphatic carbocycles. The van der Waals surface area contributed by atoms with E-state index in [1.807, 2.05) is 4.90 Å². The lowest BCUT2D eigenvalue weighted by molar-refractivity contribution is 0.0735. The van der Waals surface area contributed by atoms with Crippen LogP contribution in [0.1, 0.15) is 32.6 Å². The Kier molecular flexibility index (Phi) is 3.46. The van der Waals surface area contributed by atoms with Crippen molar-refractivity contribution in [1.82, 2.24) is 10.2 Å². The van der Waals surface area contributed by atoms with Crippen LogP contribution in [0.25, 0.3) is 0 Å². The monoisotopic (exact) mass is 212 g/mol. The van der Waals surface area contributed by atoms with Gasteiger partial charge in [0.05, 0.1) is 6.61 Å². The van der Waals surface area contributed by atoms with Crippen molar-refractivity contribution in [1.29, 1.82) is 0 Å². The number of nitrogens with zero attached hydrogens (tertiary/aromatic N) is 1. The highest BCUT2D eigenvalue weighted by Gasteiger charge is 2.40. The Morgan fingerprint density at radius 2 is 2.07 bits per heavy atom. The molecule has 0 aromatic heterocycles. The van der Waals surface area contributed by atoms with Crippen LogP contribution in [0.15, 0.2) is 0 Å². The Bertz CT molecular complexity index is 217. The van der Waals surface area contributed by atoms with Crippen molar-refractivity contribution in [2.45, 2.75) is 44.7 Å². The number of carbonyl (C=O) groups excluding carboxylic acids is 1. The third-order valence-corrected chi connectivity index (χ3v) is 3.31. The Morgan fingerprint density at radius 1 is 1.40 bits per heavy atom. The normalized spacial score (nSPS) is 29.3. The number of fused-ring (bicyclic) bond motifs is 2. The minimum Gasteiger partial charge on any atom is -0.449 e. The lowest BCUT2D eigenvalue weighted by atomic mass is 10.2. The number of nitrogens with one attached hydrogen (secondary N) is 1. The standard InChI is InChI=1S/C11H20N2O2/c1-2-3-6-15-11(14)13-9-4-5-10(13)8-12-7-9/h9-10,12H,2-8H2,1H3/t9-,10+.